The van der Waals surface area contributed by atoms with E-state index >= 15 is 0 Å². The first-order valence-electron chi connectivity index (χ1n) is 7.60. The van der Waals surface area contributed by atoms with Crippen LogP contribution in [0, 0.1) is 6.07 Å². The molecule has 0 saturated carbocycles. The molecule has 2 N–H and O–H groups in total. The molecule has 2 atom stereocenters. The van der Waals surface area contributed by atoms with Gasteiger partial charge in [0.2, 0.25) is 11.8 Å². The summed E-state index contributed by atoms with van der Waals surface area (Å²) in [6, 6.07) is 17.9. The average molecular weight is 307 g/mol. The molecule has 1 radical (unpaired) electrons. The molecule has 2 unspecified atom stereocenters. The summed E-state index contributed by atoms with van der Waals surface area (Å²) in [5.74, 6) is -0.669. The zero-order chi connectivity index (χ0) is 16.6. The van der Waals surface area contributed by atoms with E-state index < -0.39 is 17.4 Å². The third kappa shape index (κ3) is 2.40. The first-order chi connectivity index (χ1) is 10.9. The Morgan fingerprint density at radius 3 is 2.57 bits per heavy atom. The third-order valence-electron chi connectivity index (χ3n) is 4.69. The smallest absolute Gasteiger partial charge is 0.240 e. The van der Waals surface area contributed by atoms with E-state index in [4.69, 9.17) is 5.73 Å². The van der Waals surface area contributed by atoms with Gasteiger partial charge in [-0.15, -0.1) is 0 Å². The summed E-state index contributed by atoms with van der Waals surface area (Å²) in [5.41, 5.74) is 8.02. The molecule has 0 bridgehead atoms. The van der Waals surface area contributed by atoms with E-state index in [9.17, 15) is 9.59 Å². The minimum absolute atomic E-state index is 0.184. The summed E-state index contributed by atoms with van der Waals surface area (Å²) in [4.78, 5) is 25.7. The van der Waals surface area contributed by atoms with Crippen molar-refractivity contribution in [3.63, 3.8) is 0 Å². The second-order valence-corrected chi connectivity index (χ2v) is 6.15. The highest BCUT2D eigenvalue weighted by atomic mass is 16.2. The van der Waals surface area contributed by atoms with Gasteiger partial charge < -0.3 is 5.73 Å². The second kappa shape index (κ2) is 5.54. The van der Waals surface area contributed by atoms with Crippen molar-refractivity contribution < 1.29 is 9.59 Å². The number of nitrogens with two attached hydrogens (primary N) is 1. The Kier molecular flexibility index (Phi) is 3.68. The number of nitrogens with zero attached hydrogens (tertiary/aromatic N) is 1. The van der Waals surface area contributed by atoms with Gasteiger partial charge in [0, 0.05) is 18.0 Å². The van der Waals surface area contributed by atoms with Crippen molar-refractivity contribution >= 4 is 17.5 Å². The van der Waals surface area contributed by atoms with Crippen molar-refractivity contribution in [3.8, 4) is 0 Å². The van der Waals surface area contributed by atoms with Gasteiger partial charge in [-0.3, -0.25) is 14.5 Å². The Morgan fingerprint density at radius 1 is 1.26 bits per heavy atom. The van der Waals surface area contributed by atoms with E-state index in [0.717, 1.165) is 16.8 Å². The van der Waals surface area contributed by atoms with Crippen molar-refractivity contribution in [3.05, 3.63) is 65.7 Å². The molecule has 1 heterocycles. The van der Waals surface area contributed by atoms with Crippen LogP contribution in [0.5, 0.6) is 0 Å². The summed E-state index contributed by atoms with van der Waals surface area (Å²) in [5, 5.41) is 0. The largest absolute Gasteiger partial charge is 0.368 e. The van der Waals surface area contributed by atoms with E-state index in [1.165, 1.54) is 11.8 Å². The van der Waals surface area contributed by atoms with Crippen LogP contribution in [-0.4, -0.2) is 17.9 Å². The number of primary amides is 1. The van der Waals surface area contributed by atoms with Crippen LogP contribution in [0.25, 0.3) is 0 Å². The van der Waals surface area contributed by atoms with Gasteiger partial charge in [0.25, 0.3) is 0 Å². The van der Waals surface area contributed by atoms with Crippen LogP contribution in [0.4, 0.5) is 5.69 Å². The number of fused-ring (bicyclic) bond motifs is 1. The van der Waals surface area contributed by atoms with Crippen molar-refractivity contribution in [2.45, 2.75) is 31.7 Å². The van der Waals surface area contributed by atoms with Crippen molar-refractivity contribution in [2.75, 3.05) is 4.90 Å². The lowest BCUT2D eigenvalue weighted by molar-refractivity contribution is -0.124. The van der Waals surface area contributed by atoms with Gasteiger partial charge in [-0.05, 0) is 35.7 Å². The van der Waals surface area contributed by atoms with Crippen LogP contribution in [-0.2, 0) is 15.0 Å². The van der Waals surface area contributed by atoms with E-state index in [1.54, 1.807) is 6.07 Å². The molecule has 2 amide bonds. The monoisotopic (exact) mass is 307 g/mol. The van der Waals surface area contributed by atoms with Gasteiger partial charge >= 0.3 is 0 Å². The quantitative estimate of drug-likeness (QED) is 0.926. The topological polar surface area (TPSA) is 63.4 Å². The fourth-order valence-corrected chi connectivity index (χ4v) is 3.53. The highest BCUT2D eigenvalue weighted by Gasteiger charge is 2.44. The zero-order valence-electron chi connectivity index (χ0n) is 13.2. The van der Waals surface area contributed by atoms with E-state index in [0.29, 0.717) is 6.42 Å². The van der Waals surface area contributed by atoms with Gasteiger partial charge in [0.1, 0.15) is 6.04 Å². The van der Waals surface area contributed by atoms with Crippen LogP contribution in [0.15, 0.2) is 48.5 Å². The maximum Gasteiger partial charge on any atom is 0.240 e. The molecule has 0 fully saturated rings. The van der Waals surface area contributed by atoms with E-state index in [2.05, 4.69) is 13.0 Å². The number of amides is 2. The Labute approximate surface area is 135 Å². The molecule has 1 aliphatic heterocycles. The van der Waals surface area contributed by atoms with Crippen LogP contribution < -0.4 is 10.6 Å². The van der Waals surface area contributed by atoms with Gasteiger partial charge in [0.05, 0.1) is 0 Å². The minimum atomic E-state index is -0.660. The normalized spacial score (nSPS) is 23.2. The van der Waals surface area contributed by atoms with Crippen LogP contribution in [0.3, 0.4) is 0 Å². The lowest BCUT2D eigenvalue weighted by Gasteiger charge is -2.45. The molecule has 3 rings (SSSR count). The van der Waals surface area contributed by atoms with E-state index in [1.807, 2.05) is 42.5 Å². The molecule has 2 aromatic carbocycles. The molecule has 0 spiro atoms. The summed E-state index contributed by atoms with van der Waals surface area (Å²) in [6.45, 7) is 3.55. The van der Waals surface area contributed by atoms with Crippen LogP contribution >= 0.6 is 0 Å². The number of hydrogen-bond donors (Lipinski definition) is 1. The van der Waals surface area contributed by atoms with Gasteiger partial charge in [-0.1, -0.05) is 43.3 Å². The van der Waals surface area contributed by atoms with Crippen molar-refractivity contribution in [1.29, 1.82) is 0 Å². The van der Waals surface area contributed by atoms with Gasteiger partial charge in [-0.25, -0.2) is 0 Å². The highest BCUT2D eigenvalue weighted by Crippen LogP contribution is 2.46. The lowest BCUT2D eigenvalue weighted by atomic mass is 9.68. The fourth-order valence-electron chi connectivity index (χ4n) is 3.53. The van der Waals surface area contributed by atoms with Crippen molar-refractivity contribution in [1.82, 2.24) is 0 Å². The number of rotatable bonds is 2. The number of carbonyl (C=O) groups excluding carboxylic acids is 2. The lowest BCUT2D eigenvalue weighted by Crippen LogP contribution is -2.54. The minimum Gasteiger partial charge on any atom is -0.368 e. The molecule has 1 aliphatic rings. The molecule has 23 heavy (non-hydrogen) atoms. The van der Waals surface area contributed by atoms with Crippen molar-refractivity contribution in [2.24, 2.45) is 5.73 Å². The van der Waals surface area contributed by atoms with Gasteiger partial charge in [0.15, 0.2) is 0 Å². The molecule has 4 nitrogen and oxygen atoms in total. The average Bonchev–Trinajstić information content (AvgIpc) is 2.55. The highest BCUT2D eigenvalue weighted by molar-refractivity contribution is 6.01. The SMILES string of the molecule is CC(=O)N1c2cc[c]cc2C(C)(c2ccccc2)CC1C(N)=O. The molecular formula is C19H19N2O2. The first-order valence-corrected chi connectivity index (χ1v) is 7.60. The standard InChI is InChI=1S/C19H19N2O2/c1-13(22)21-16-11-7-6-10-15(16)19(2,12-17(21)18(20)23)14-8-4-3-5-9-14/h3-5,7-11,17H,12H2,1-2H3,(H2,20,23). The number of carbonyl (C=O) groups is 2. The number of benzene rings is 2. The Hall–Kier alpha value is -2.62. The molecule has 2 aromatic rings. The third-order valence-corrected chi connectivity index (χ3v) is 4.69. The summed E-state index contributed by atoms with van der Waals surface area (Å²) >= 11 is 0. The zero-order valence-corrected chi connectivity index (χ0v) is 13.2. The number of hydrogen-bond acceptors (Lipinski definition) is 2. The van der Waals surface area contributed by atoms with E-state index in [-0.39, 0.29) is 5.91 Å². The van der Waals surface area contributed by atoms with Crippen LogP contribution in [0.1, 0.15) is 31.4 Å². The Morgan fingerprint density at radius 2 is 1.96 bits per heavy atom. The fraction of sp³-hybridized carbons (Fsp3) is 0.263. The predicted octanol–water partition coefficient (Wildman–Crippen LogP) is 2.40. The maximum absolute atomic E-state index is 12.1. The molecule has 4 heteroatoms. The summed E-state index contributed by atoms with van der Waals surface area (Å²) < 4.78 is 0. The Bertz CT molecular complexity index is 757. The molecule has 0 saturated heterocycles. The molecule has 117 valence electrons. The molecule has 0 aliphatic carbocycles. The number of anilines is 1. The van der Waals surface area contributed by atoms with Gasteiger partial charge in [-0.2, -0.15) is 0 Å². The summed E-state index contributed by atoms with van der Waals surface area (Å²) in [6.07, 6.45) is 0.455. The molecule has 0 aromatic heterocycles. The predicted molar refractivity (Wildman–Crippen MR) is 88.9 cm³/mol. The second-order valence-electron chi connectivity index (χ2n) is 6.15. The molecular weight excluding hydrogens is 288 g/mol. The maximum atomic E-state index is 12.1. The van der Waals surface area contributed by atoms with Crippen LogP contribution in [0.2, 0.25) is 0 Å². The summed E-state index contributed by atoms with van der Waals surface area (Å²) in [7, 11) is 0. The Balaban J connectivity index is 2.25. The first kappa shape index (κ1) is 15.3.